The Balaban J connectivity index is 2.91. The molecule has 2 N–H and O–H groups in total. The number of hydrogen-bond donors (Lipinski definition) is 1. The van der Waals surface area contributed by atoms with Gasteiger partial charge in [0, 0.05) is 4.90 Å². The van der Waals surface area contributed by atoms with Gasteiger partial charge in [0.15, 0.2) is 6.10 Å². The lowest BCUT2D eigenvalue weighted by Gasteiger charge is -2.11. The molecule has 0 aliphatic heterocycles. The standard InChI is InChI=1S/C11H12ClNO3S/c1-6(10(13)14)16-11(15)8-5-7(17-2)3-4-9(8)12/h3-6H,1-2H3,(H2,13,14)/t6-/m0/s1. The van der Waals surface area contributed by atoms with Crippen molar-refractivity contribution in [1.82, 2.24) is 0 Å². The summed E-state index contributed by atoms with van der Waals surface area (Å²) in [6.07, 6.45) is 0.904. The number of carbonyl (C=O) groups is 2. The van der Waals surface area contributed by atoms with Crippen LogP contribution in [0.2, 0.25) is 5.02 Å². The van der Waals surface area contributed by atoms with Crippen LogP contribution in [0.1, 0.15) is 17.3 Å². The number of carbonyl (C=O) groups excluding carboxylic acids is 2. The van der Waals surface area contributed by atoms with E-state index < -0.39 is 18.0 Å². The summed E-state index contributed by atoms with van der Waals surface area (Å²) in [6, 6.07) is 5.02. The summed E-state index contributed by atoms with van der Waals surface area (Å²) in [4.78, 5) is 23.4. The molecule has 0 heterocycles. The highest BCUT2D eigenvalue weighted by atomic mass is 35.5. The lowest BCUT2D eigenvalue weighted by Crippen LogP contribution is -2.30. The predicted octanol–water partition coefficient (Wildman–Crippen LogP) is 2.09. The highest BCUT2D eigenvalue weighted by Gasteiger charge is 2.18. The van der Waals surface area contributed by atoms with Crippen LogP contribution in [0.5, 0.6) is 0 Å². The number of hydrogen-bond acceptors (Lipinski definition) is 4. The first-order chi connectivity index (χ1) is 7.95. The van der Waals surface area contributed by atoms with E-state index in [1.165, 1.54) is 18.7 Å². The van der Waals surface area contributed by atoms with Crippen LogP contribution in [0.25, 0.3) is 0 Å². The summed E-state index contributed by atoms with van der Waals surface area (Å²) in [7, 11) is 0. The topological polar surface area (TPSA) is 69.4 Å². The van der Waals surface area contributed by atoms with Crippen LogP contribution in [-0.2, 0) is 9.53 Å². The van der Waals surface area contributed by atoms with Gasteiger partial charge in [-0.05, 0) is 31.4 Å². The lowest BCUT2D eigenvalue weighted by atomic mass is 10.2. The maximum Gasteiger partial charge on any atom is 0.340 e. The molecule has 17 heavy (non-hydrogen) atoms. The molecule has 0 aliphatic carbocycles. The molecule has 0 aromatic heterocycles. The number of primary amides is 1. The van der Waals surface area contributed by atoms with Gasteiger partial charge in [0.25, 0.3) is 5.91 Å². The number of amides is 1. The minimum absolute atomic E-state index is 0.228. The smallest absolute Gasteiger partial charge is 0.340 e. The minimum Gasteiger partial charge on any atom is -0.449 e. The normalized spacial score (nSPS) is 11.9. The molecule has 0 spiro atoms. The largest absolute Gasteiger partial charge is 0.449 e. The van der Waals surface area contributed by atoms with E-state index in [0.29, 0.717) is 0 Å². The SMILES string of the molecule is CSc1ccc(Cl)c(C(=O)O[C@@H](C)C(N)=O)c1. The zero-order valence-corrected chi connectivity index (χ0v) is 11.0. The fourth-order valence-corrected chi connectivity index (χ4v) is 1.70. The first kappa shape index (κ1) is 13.9. The van der Waals surface area contributed by atoms with Crippen molar-refractivity contribution in [2.45, 2.75) is 17.9 Å². The molecule has 1 atom stereocenters. The number of thioether (sulfide) groups is 1. The summed E-state index contributed by atoms with van der Waals surface area (Å²) in [6.45, 7) is 1.41. The van der Waals surface area contributed by atoms with Gasteiger partial charge in [-0.2, -0.15) is 0 Å². The van der Waals surface area contributed by atoms with Crippen molar-refractivity contribution in [2.24, 2.45) is 5.73 Å². The van der Waals surface area contributed by atoms with Crippen LogP contribution in [-0.4, -0.2) is 24.2 Å². The zero-order valence-electron chi connectivity index (χ0n) is 9.40. The quantitative estimate of drug-likeness (QED) is 0.674. The number of benzene rings is 1. The Kier molecular flexibility index (Phi) is 4.84. The molecule has 4 nitrogen and oxygen atoms in total. The van der Waals surface area contributed by atoms with Crippen molar-refractivity contribution in [3.8, 4) is 0 Å². The predicted molar refractivity (Wildman–Crippen MR) is 67.3 cm³/mol. The van der Waals surface area contributed by atoms with Crippen molar-refractivity contribution in [3.63, 3.8) is 0 Å². The molecule has 0 fully saturated rings. The molecule has 1 aromatic rings. The van der Waals surface area contributed by atoms with Gasteiger partial charge in [0.05, 0.1) is 10.6 Å². The molecule has 1 amide bonds. The van der Waals surface area contributed by atoms with E-state index in [1.807, 2.05) is 6.26 Å². The first-order valence-electron chi connectivity index (χ1n) is 4.79. The third-order valence-corrected chi connectivity index (χ3v) is 3.13. The van der Waals surface area contributed by atoms with Gasteiger partial charge in [-0.3, -0.25) is 4.79 Å². The summed E-state index contributed by atoms with van der Waals surface area (Å²) in [5.41, 5.74) is 5.23. The van der Waals surface area contributed by atoms with Crippen LogP contribution in [0.15, 0.2) is 23.1 Å². The number of ether oxygens (including phenoxy) is 1. The van der Waals surface area contributed by atoms with Gasteiger partial charge >= 0.3 is 5.97 Å². The van der Waals surface area contributed by atoms with Gasteiger partial charge < -0.3 is 10.5 Å². The zero-order chi connectivity index (χ0) is 13.0. The van der Waals surface area contributed by atoms with Crippen LogP contribution < -0.4 is 5.73 Å². The Morgan fingerprint density at radius 1 is 1.47 bits per heavy atom. The highest BCUT2D eigenvalue weighted by molar-refractivity contribution is 7.98. The second-order valence-corrected chi connectivity index (χ2v) is 4.58. The van der Waals surface area contributed by atoms with E-state index >= 15 is 0 Å². The minimum atomic E-state index is -0.975. The summed E-state index contributed by atoms with van der Waals surface area (Å²) in [5, 5.41) is 0.282. The van der Waals surface area contributed by atoms with Gasteiger partial charge in [-0.1, -0.05) is 11.6 Å². The second kappa shape index (κ2) is 5.93. The number of nitrogens with two attached hydrogens (primary N) is 1. The Labute approximate surface area is 108 Å². The van der Waals surface area contributed by atoms with Gasteiger partial charge in [0.1, 0.15) is 0 Å². The molecule has 0 unspecified atom stereocenters. The fraction of sp³-hybridized carbons (Fsp3) is 0.273. The molecule has 0 bridgehead atoms. The van der Waals surface area contributed by atoms with E-state index in [4.69, 9.17) is 22.1 Å². The Morgan fingerprint density at radius 3 is 2.65 bits per heavy atom. The number of halogens is 1. The molecule has 92 valence electrons. The van der Waals surface area contributed by atoms with Crippen LogP contribution >= 0.6 is 23.4 Å². The fourth-order valence-electron chi connectivity index (χ4n) is 1.07. The first-order valence-corrected chi connectivity index (χ1v) is 6.39. The van der Waals surface area contributed by atoms with E-state index in [9.17, 15) is 9.59 Å². The molecule has 0 saturated carbocycles. The van der Waals surface area contributed by atoms with E-state index in [2.05, 4.69) is 0 Å². The molecule has 0 aliphatic rings. The molecule has 1 aromatic carbocycles. The van der Waals surface area contributed by atoms with E-state index in [1.54, 1.807) is 18.2 Å². The van der Waals surface area contributed by atoms with E-state index in [0.717, 1.165) is 4.90 Å². The van der Waals surface area contributed by atoms with Crippen LogP contribution in [0.4, 0.5) is 0 Å². The molecular weight excluding hydrogens is 262 g/mol. The van der Waals surface area contributed by atoms with Crippen LogP contribution in [0, 0.1) is 0 Å². The maximum atomic E-state index is 11.7. The Bertz CT molecular complexity index is 450. The molecule has 0 saturated heterocycles. The average molecular weight is 274 g/mol. The van der Waals surface area contributed by atoms with Gasteiger partial charge in [-0.15, -0.1) is 11.8 Å². The van der Waals surface area contributed by atoms with Crippen LogP contribution in [0.3, 0.4) is 0 Å². The highest BCUT2D eigenvalue weighted by Crippen LogP contribution is 2.23. The summed E-state index contributed by atoms with van der Waals surface area (Å²) >= 11 is 7.36. The van der Waals surface area contributed by atoms with Crippen molar-refractivity contribution < 1.29 is 14.3 Å². The molecule has 1 rings (SSSR count). The molecule has 6 heteroatoms. The van der Waals surface area contributed by atoms with E-state index in [-0.39, 0.29) is 10.6 Å². The lowest BCUT2D eigenvalue weighted by molar-refractivity contribution is -0.125. The number of esters is 1. The van der Waals surface area contributed by atoms with Crippen molar-refractivity contribution in [3.05, 3.63) is 28.8 Å². The monoisotopic (exact) mass is 273 g/mol. The maximum absolute atomic E-state index is 11.7. The molecular formula is C11H12ClNO3S. The third-order valence-electron chi connectivity index (χ3n) is 2.08. The Morgan fingerprint density at radius 2 is 2.12 bits per heavy atom. The number of rotatable bonds is 4. The molecule has 0 radical (unpaired) electrons. The van der Waals surface area contributed by atoms with Crippen molar-refractivity contribution >= 4 is 35.2 Å². The van der Waals surface area contributed by atoms with Crippen molar-refractivity contribution in [2.75, 3.05) is 6.26 Å². The second-order valence-electron chi connectivity index (χ2n) is 3.30. The third kappa shape index (κ3) is 3.64. The summed E-state index contributed by atoms with van der Waals surface area (Å²) in [5.74, 6) is -1.35. The van der Waals surface area contributed by atoms with Crippen molar-refractivity contribution in [1.29, 1.82) is 0 Å². The van der Waals surface area contributed by atoms with Gasteiger partial charge in [0.2, 0.25) is 0 Å². The average Bonchev–Trinajstić information content (AvgIpc) is 2.29. The summed E-state index contributed by atoms with van der Waals surface area (Å²) < 4.78 is 4.87. The van der Waals surface area contributed by atoms with Gasteiger partial charge in [-0.25, -0.2) is 4.79 Å². The Hall–Kier alpha value is -1.20.